The summed E-state index contributed by atoms with van der Waals surface area (Å²) >= 11 is 0. The summed E-state index contributed by atoms with van der Waals surface area (Å²) in [6.45, 7) is 9.31. The van der Waals surface area contributed by atoms with Gasteiger partial charge >= 0.3 is 6.03 Å². The summed E-state index contributed by atoms with van der Waals surface area (Å²) in [5, 5.41) is 3.13. The number of rotatable bonds is 9. The third kappa shape index (κ3) is 5.24. The molecule has 0 aliphatic carbocycles. The molecule has 0 aromatic heterocycles. The molecule has 7 heteroatoms. The summed E-state index contributed by atoms with van der Waals surface area (Å²) in [7, 11) is 2.13. The molecule has 0 unspecified atom stereocenters. The van der Waals surface area contributed by atoms with Crippen LogP contribution in [0, 0.1) is 11.8 Å². The number of hydrogen-bond donors (Lipinski definition) is 1. The number of imide groups is 1. The van der Waals surface area contributed by atoms with E-state index >= 15 is 0 Å². The van der Waals surface area contributed by atoms with Gasteiger partial charge in [0.1, 0.15) is 5.54 Å². The maximum atomic E-state index is 13.6. The zero-order chi connectivity index (χ0) is 22.6. The molecule has 31 heavy (non-hydrogen) atoms. The molecule has 7 nitrogen and oxygen atoms in total. The summed E-state index contributed by atoms with van der Waals surface area (Å²) in [5.41, 5.74) is -0.791. The lowest BCUT2D eigenvalue weighted by Crippen LogP contribution is -2.56. The van der Waals surface area contributed by atoms with Gasteiger partial charge in [0, 0.05) is 32.1 Å². The number of nitrogens with zero attached hydrogens (tertiary/aromatic N) is 3. The highest BCUT2D eigenvalue weighted by atomic mass is 16.2. The molecule has 3 rings (SSSR count). The van der Waals surface area contributed by atoms with E-state index in [-0.39, 0.29) is 23.8 Å². The normalized spacial score (nSPS) is 28.1. The molecule has 2 atom stereocenters. The average molecular weight is 435 g/mol. The van der Waals surface area contributed by atoms with Crippen LogP contribution in [0.15, 0.2) is 0 Å². The van der Waals surface area contributed by atoms with Crippen LogP contribution in [0.4, 0.5) is 4.79 Å². The maximum Gasteiger partial charge on any atom is 0.325 e. The van der Waals surface area contributed by atoms with Gasteiger partial charge in [0.05, 0.1) is 0 Å². The second-order valence-corrected chi connectivity index (χ2v) is 10.3. The Morgan fingerprint density at radius 2 is 1.87 bits per heavy atom. The molecule has 0 aromatic carbocycles. The number of amides is 4. The van der Waals surface area contributed by atoms with Gasteiger partial charge in [0.2, 0.25) is 5.91 Å². The van der Waals surface area contributed by atoms with Crippen molar-refractivity contribution in [2.75, 3.05) is 33.2 Å². The Hall–Kier alpha value is -1.63. The largest absolute Gasteiger partial charge is 0.343 e. The first-order chi connectivity index (χ1) is 14.8. The molecule has 3 saturated heterocycles. The molecule has 3 heterocycles. The molecule has 3 aliphatic rings. The molecule has 3 fully saturated rings. The number of likely N-dealkylation sites (tertiary alicyclic amines) is 2. The highest BCUT2D eigenvalue weighted by Crippen LogP contribution is 2.37. The van der Waals surface area contributed by atoms with Crippen LogP contribution >= 0.6 is 0 Å². The molecule has 4 amide bonds. The minimum atomic E-state index is -0.791. The van der Waals surface area contributed by atoms with Crippen molar-refractivity contribution in [2.45, 2.75) is 90.1 Å². The summed E-state index contributed by atoms with van der Waals surface area (Å²) in [6.07, 6.45) is 7.76. The van der Waals surface area contributed by atoms with Crippen LogP contribution < -0.4 is 5.32 Å². The smallest absolute Gasteiger partial charge is 0.325 e. The summed E-state index contributed by atoms with van der Waals surface area (Å²) in [6, 6.07) is 0.233. The van der Waals surface area contributed by atoms with Gasteiger partial charge in [-0.1, -0.05) is 27.2 Å². The van der Waals surface area contributed by atoms with E-state index in [1.165, 1.54) is 11.3 Å². The lowest BCUT2D eigenvalue weighted by molar-refractivity contribution is -0.136. The minimum absolute atomic E-state index is 0.0374. The number of urea groups is 1. The summed E-state index contributed by atoms with van der Waals surface area (Å²) < 4.78 is 0. The van der Waals surface area contributed by atoms with Gasteiger partial charge in [0.25, 0.3) is 5.91 Å². The van der Waals surface area contributed by atoms with Crippen LogP contribution in [0.5, 0.6) is 0 Å². The van der Waals surface area contributed by atoms with E-state index in [2.05, 4.69) is 38.0 Å². The Labute approximate surface area is 187 Å². The van der Waals surface area contributed by atoms with E-state index in [1.807, 2.05) is 4.90 Å². The fourth-order valence-corrected chi connectivity index (χ4v) is 5.71. The fraction of sp³-hybridized carbons (Fsp3) is 0.875. The van der Waals surface area contributed by atoms with Gasteiger partial charge in [-0.2, -0.15) is 0 Å². The quantitative estimate of drug-likeness (QED) is 0.566. The molecule has 0 bridgehead atoms. The first kappa shape index (κ1) is 24.0. The van der Waals surface area contributed by atoms with Crippen LogP contribution in [0.3, 0.4) is 0 Å². The standard InChI is InChI=1S/C24H42N4O3/c1-5-13-24(19-10-15-27(16-11-19)21(29)9-8-18(2)3)22(30)28(23(31)25-24)17-12-20-7-6-14-26(20)4/h18-20H,5-17H2,1-4H3,(H,25,31)/t20-,24-/m1/s1. The Bertz CT molecular complexity index is 659. The van der Waals surface area contributed by atoms with E-state index in [0.29, 0.717) is 44.4 Å². The number of hydrogen-bond acceptors (Lipinski definition) is 4. The third-order valence-electron chi connectivity index (χ3n) is 7.68. The topological polar surface area (TPSA) is 73.0 Å². The van der Waals surface area contributed by atoms with Crippen LogP contribution in [-0.2, 0) is 9.59 Å². The second-order valence-electron chi connectivity index (χ2n) is 10.3. The monoisotopic (exact) mass is 434 g/mol. The Morgan fingerprint density at radius 3 is 2.45 bits per heavy atom. The fourth-order valence-electron chi connectivity index (χ4n) is 5.71. The summed E-state index contributed by atoms with van der Waals surface area (Å²) in [5.74, 6) is 0.804. The van der Waals surface area contributed by atoms with Crippen molar-refractivity contribution >= 4 is 17.8 Å². The van der Waals surface area contributed by atoms with Crippen molar-refractivity contribution in [2.24, 2.45) is 11.8 Å². The van der Waals surface area contributed by atoms with E-state index in [0.717, 1.165) is 45.1 Å². The molecule has 1 N–H and O–H groups in total. The maximum absolute atomic E-state index is 13.6. The number of carbonyl (C=O) groups excluding carboxylic acids is 3. The predicted molar refractivity (Wildman–Crippen MR) is 122 cm³/mol. The van der Waals surface area contributed by atoms with Gasteiger partial charge in [-0.05, 0) is 70.4 Å². The van der Waals surface area contributed by atoms with Crippen LogP contribution in [0.25, 0.3) is 0 Å². The van der Waals surface area contributed by atoms with Crippen molar-refractivity contribution in [1.29, 1.82) is 0 Å². The first-order valence-corrected chi connectivity index (χ1v) is 12.4. The molecule has 176 valence electrons. The van der Waals surface area contributed by atoms with Crippen molar-refractivity contribution in [3.05, 3.63) is 0 Å². The van der Waals surface area contributed by atoms with Crippen molar-refractivity contribution < 1.29 is 14.4 Å². The van der Waals surface area contributed by atoms with E-state index in [4.69, 9.17) is 0 Å². The van der Waals surface area contributed by atoms with E-state index < -0.39 is 5.54 Å². The highest BCUT2D eigenvalue weighted by molar-refractivity contribution is 6.07. The van der Waals surface area contributed by atoms with Crippen molar-refractivity contribution in [3.8, 4) is 0 Å². The number of nitrogens with one attached hydrogen (secondary N) is 1. The highest BCUT2D eigenvalue weighted by Gasteiger charge is 2.55. The zero-order valence-corrected chi connectivity index (χ0v) is 20.0. The zero-order valence-electron chi connectivity index (χ0n) is 20.0. The number of carbonyl (C=O) groups is 3. The lowest BCUT2D eigenvalue weighted by Gasteiger charge is -2.41. The molecule has 0 saturated carbocycles. The van der Waals surface area contributed by atoms with Crippen LogP contribution in [0.2, 0.25) is 0 Å². The SMILES string of the molecule is CCC[C@]1(C2CCN(C(=O)CCC(C)C)CC2)NC(=O)N(CC[C@H]2CCCN2C)C1=O. The molecular weight excluding hydrogens is 392 g/mol. The first-order valence-electron chi connectivity index (χ1n) is 12.4. The van der Waals surface area contributed by atoms with E-state index in [1.54, 1.807) is 0 Å². The minimum Gasteiger partial charge on any atom is -0.343 e. The van der Waals surface area contributed by atoms with Crippen molar-refractivity contribution in [1.82, 2.24) is 20.0 Å². The van der Waals surface area contributed by atoms with Gasteiger partial charge in [-0.15, -0.1) is 0 Å². The van der Waals surface area contributed by atoms with Gasteiger partial charge in [0.15, 0.2) is 0 Å². The molecular formula is C24H42N4O3. The summed E-state index contributed by atoms with van der Waals surface area (Å²) in [4.78, 5) is 44.7. The molecule has 0 spiro atoms. The number of piperidine rings is 1. The van der Waals surface area contributed by atoms with Crippen LogP contribution in [0.1, 0.15) is 78.6 Å². The Morgan fingerprint density at radius 1 is 1.16 bits per heavy atom. The molecule has 0 radical (unpaired) electrons. The predicted octanol–water partition coefficient (Wildman–Crippen LogP) is 3.24. The van der Waals surface area contributed by atoms with Crippen LogP contribution in [-0.4, -0.2) is 77.4 Å². The molecule has 3 aliphatic heterocycles. The third-order valence-corrected chi connectivity index (χ3v) is 7.68. The van der Waals surface area contributed by atoms with Crippen molar-refractivity contribution in [3.63, 3.8) is 0 Å². The molecule has 0 aromatic rings. The Kier molecular flexibility index (Phi) is 8.00. The lowest BCUT2D eigenvalue weighted by atomic mass is 9.74. The van der Waals surface area contributed by atoms with Gasteiger partial charge in [-0.25, -0.2) is 4.79 Å². The Balaban J connectivity index is 1.62. The van der Waals surface area contributed by atoms with Gasteiger partial charge < -0.3 is 15.1 Å². The van der Waals surface area contributed by atoms with E-state index in [9.17, 15) is 14.4 Å². The second kappa shape index (κ2) is 10.3. The van der Waals surface area contributed by atoms with Gasteiger partial charge in [-0.3, -0.25) is 14.5 Å². The average Bonchev–Trinajstić information content (AvgIpc) is 3.26.